The molecule has 1 atom stereocenters. The number of carbonyl (C=O) groups excluding carboxylic acids is 1. The molecular formula is C18H18ClNO3S. The van der Waals surface area contributed by atoms with Gasteiger partial charge in [0.15, 0.2) is 11.5 Å². The average molecular weight is 364 g/mol. The van der Waals surface area contributed by atoms with Crippen LogP contribution < -0.4 is 14.8 Å². The molecule has 1 amide bonds. The highest BCUT2D eigenvalue weighted by Crippen LogP contribution is 2.38. The Morgan fingerprint density at radius 1 is 1.25 bits per heavy atom. The Morgan fingerprint density at radius 3 is 2.79 bits per heavy atom. The zero-order valence-corrected chi connectivity index (χ0v) is 15.0. The molecule has 0 radical (unpaired) electrons. The van der Waals surface area contributed by atoms with E-state index in [4.69, 9.17) is 21.1 Å². The zero-order valence-electron chi connectivity index (χ0n) is 13.5. The van der Waals surface area contributed by atoms with Gasteiger partial charge in [0.25, 0.3) is 5.91 Å². The predicted octanol–water partition coefficient (Wildman–Crippen LogP) is 4.32. The summed E-state index contributed by atoms with van der Waals surface area (Å²) in [5, 5.41) is 3.45. The maximum atomic E-state index is 12.7. The monoisotopic (exact) mass is 363 g/mol. The molecule has 0 saturated carbocycles. The average Bonchev–Trinajstić information content (AvgIpc) is 2.61. The van der Waals surface area contributed by atoms with Crippen molar-refractivity contribution in [3.8, 4) is 11.5 Å². The Bertz CT molecular complexity index is 766. The van der Waals surface area contributed by atoms with Crippen LogP contribution in [0.1, 0.15) is 28.4 Å². The van der Waals surface area contributed by atoms with Crippen LogP contribution in [0.5, 0.6) is 11.5 Å². The van der Waals surface area contributed by atoms with Crippen LogP contribution in [0.3, 0.4) is 0 Å². The number of methoxy groups -OCH3 is 2. The van der Waals surface area contributed by atoms with Gasteiger partial charge >= 0.3 is 0 Å². The van der Waals surface area contributed by atoms with Gasteiger partial charge in [0.05, 0.1) is 25.3 Å². The molecule has 0 saturated heterocycles. The van der Waals surface area contributed by atoms with Gasteiger partial charge in [-0.25, -0.2) is 0 Å². The first-order chi connectivity index (χ1) is 11.6. The topological polar surface area (TPSA) is 47.6 Å². The van der Waals surface area contributed by atoms with Gasteiger partial charge in [-0.1, -0.05) is 29.8 Å². The van der Waals surface area contributed by atoms with Crippen LogP contribution in [0, 0.1) is 0 Å². The van der Waals surface area contributed by atoms with Crippen molar-refractivity contribution in [3.63, 3.8) is 0 Å². The third kappa shape index (κ3) is 3.32. The molecule has 0 spiro atoms. The molecule has 1 aliphatic rings. The summed E-state index contributed by atoms with van der Waals surface area (Å²) in [5.41, 5.74) is 1.61. The lowest BCUT2D eigenvalue weighted by Gasteiger charge is -2.26. The summed E-state index contributed by atoms with van der Waals surface area (Å²) < 4.78 is 10.5. The minimum atomic E-state index is -0.176. The van der Waals surface area contributed by atoms with E-state index in [2.05, 4.69) is 17.4 Å². The number of halogens is 1. The highest BCUT2D eigenvalue weighted by Gasteiger charge is 2.23. The van der Waals surface area contributed by atoms with Gasteiger partial charge in [0.1, 0.15) is 0 Å². The van der Waals surface area contributed by atoms with E-state index in [1.165, 1.54) is 19.1 Å². The van der Waals surface area contributed by atoms with E-state index in [-0.39, 0.29) is 11.9 Å². The van der Waals surface area contributed by atoms with Gasteiger partial charge < -0.3 is 14.8 Å². The Labute approximate surface area is 150 Å². The van der Waals surface area contributed by atoms with E-state index < -0.39 is 0 Å². The molecule has 0 fully saturated rings. The first kappa shape index (κ1) is 17.0. The molecular weight excluding hydrogens is 346 g/mol. The summed E-state index contributed by atoms with van der Waals surface area (Å²) in [6, 6.07) is 11.4. The van der Waals surface area contributed by atoms with E-state index in [0.717, 1.165) is 17.7 Å². The SMILES string of the molecule is COc1cc(C(=O)N[C@H]2CCSc3ccccc32)cc(Cl)c1OC. The van der Waals surface area contributed by atoms with Crippen LogP contribution in [0.4, 0.5) is 0 Å². The number of nitrogens with one attached hydrogen (secondary N) is 1. The van der Waals surface area contributed by atoms with Crippen molar-refractivity contribution in [1.82, 2.24) is 5.32 Å². The third-order valence-electron chi connectivity index (χ3n) is 3.96. The van der Waals surface area contributed by atoms with Crippen molar-refractivity contribution >= 4 is 29.3 Å². The van der Waals surface area contributed by atoms with E-state index >= 15 is 0 Å². The van der Waals surface area contributed by atoms with Crippen LogP contribution in [0.25, 0.3) is 0 Å². The lowest BCUT2D eigenvalue weighted by Crippen LogP contribution is -2.30. The number of fused-ring (bicyclic) bond motifs is 1. The molecule has 24 heavy (non-hydrogen) atoms. The molecule has 2 aromatic carbocycles. The molecule has 0 aromatic heterocycles. The minimum Gasteiger partial charge on any atom is -0.493 e. The van der Waals surface area contributed by atoms with Gasteiger partial charge in [0.2, 0.25) is 0 Å². The van der Waals surface area contributed by atoms with Crippen molar-refractivity contribution in [3.05, 3.63) is 52.5 Å². The highest BCUT2D eigenvalue weighted by atomic mass is 35.5. The number of amides is 1. The van der Waals surface area contributed by atoms with Gasteiger partial charge in [-0.3, -0.25) is 4.79 Å². The molecule has 0 bridgehead atoms. The second-order valence-corrected chi connectivity index (χ2v) is 6.94. The van der Waals surface area contributed by atoms with E-state index in [9.17, 15) is 4.79 Å². The summed E-state index contributed by atoms with van der Waals surface area (Å²) in [7, 11) is 3.03. The molecule has 126 valence electrons. The normalized spacial score (nSPS) is 16.2. The fourth-order valence-corrected chi connectivity index (χ4v) is 4.20. The van der Waals surface area contributed by atoms with Crippen molar-refractivity contribution in [2.45, 2.75) is 17.4 Å². The maximum absolute atomic E-state index is 12.7. The summed E-state index contributed by atoms with van der Waals surface area (Å²) >= 11 is 8.01. The number of rotatable bonds is 4. The molecule has 1 heterocycles. The summed E-state index contributed by atoms with van der Waals surface area (Å²) in [5.74, 6) is 1.67. The molecule has 1 aliphatic heterocycles. The van der Waals surface area contributed by atoms with Gasteiger partial charge in [-0.15, -0.1) is 11.8 Å². The van der Waals surface area contributed by atoms with Crippen LogP contribution in [-0.2, 0) is 0 Å². The van der Waals surface area contributed by atoms with Crippen LogP contribution >= 0.6 is 23.4 Å². The minimum absolute atomic E-state index is 0.00169. The first-order valence-electron chi connectivity index (χ1n) is 7.58. The number of hydrogen-bond donors (Lipinski definition) is 1. The molecule has 0 aliphatic carbocycles. The van der Waals surface area contributed by atoms with Crippen molar-refractivity contribution in [2.24, 2.45) is 0 Å². The van der Waals surface area contributed by atoms with E-state index in [0.29, 0.717) is 22.1 Å². The number of carbonyl (C=O) groups is 1. The predicted molar refractivity (Wildman–Crippen MR) is 96.5 cm³/mol. The second kappa shape index (κ2) is 7.36. The van der Waals surface area contributed by atoms with Crippen molar-refractivity contribution in [1.29, 1.82) is 0 Å². The third-order valence-corrected chi connectivity index (χ3v) is 5.36. The molecule has 1 N–H and O–H groups in total. The van der Waals surface area contributed by atoms with E-state index in [1.807, 2.05) is 23.9 Å². The van der Waals surface area contributed by atoms with Crippen LogP contribution in [0.15, 0.2) is 41.3 Å². The van der Waals surface area contributed by atoms with Crippen LogP contribution in [0.2, 0.25) is 5.02 Å². The van der Waals surface area contributed by atoms with E-state index in [1.54, 1.807) is 12.1 Å². The summed E-state index contributed by atoms with van der Waals surface area (Å²) in [6.45, 7) is 0. The Balaban J connectivity index is 1.85. The van der Waals surface area contributed by atoms with Crippen molar-refractivity contribution < 1.29 is 14.3 Å². The van der Waals surface area contributed by atoms with Crippen LogP contribution in [-0.4, -0.2) is 25.9 Å². The summed E-state index contributed by atoms with van der Waals surface area (Å²) in [6.07, 6.45) is 0.897. The lowest BCUT2D eigenvalue weighted by molar-refractivity contribution is 0.0934. The fraction of sp³-hybridized carbons (Fsp3) is 0.278. The lowest BCUT2D eigenvalue weighted by atomic mass is 10.0. The molecule has 6 heteroatoms. The number of ether oxygens (including phenoxy) is 2. The quantitative estimate of drug-likeness (QED) is 0.878. The summed E-state index contributed by atoms with van der Waals surface area (Å²) in [4.78, 5) is 13.9. The number of hydrogen-bond acceptors (Lipinski definition) is 4. The van der Waals surface area contributed by atoms with Crippen molar-refractivity contribution in [2.75, 3.05) is 20.0 Å². The second-order valence-electron chi connectivity index (χ2n) is 5.39. The maximum Gasteiger partial charge on any atom is 0.251 e. The van der Waals surface area contributed by atoms with Gasteiger partial charge in [-0.2, -0.15) is 0 Å². The highest BCUT2D eigenvalue weighted by molar-refractivity contribution is 7.99. The Kier molecular flexibility index (Phi) is 5.21. The number of thioether (sulfide) groups is 1. The van der Waals surface area contributed by atoms with Gasteiger partial charge in [0, 0.05) is 16.2 Å². The first-order valence-corrected chi connectivity index (χ1v) is 8.94. The molecule has 0 unspecified atom stereocenters. The fourth-order valence-electron chi connectivity index (χ4n) is 2.78. The Hall–Kier alpha value is -1.85. The zero-order chi connectivity index (χ0) is 17.1. The largest absolute Gasteiger partial charge is 0.493 e. The number of benzene rings is 2. The Morgan fingerprint density at radius 2 is 2.04 bits per heavy atom. The smallest absolute Gasteiger partial charge is 0.251 e. The molecule has 2 aromatic rings. The van der Waals surface area contributed by atoms with Gasteiger partial charge in [-0.05, 0) is 30.2 Å². The standard InChI is InChI=1S/C18H18ClNO3S/c1-22-15-10-11(9-13(19)17(15)23-2)18(21)20-14-7-8-24-16-6-4-3-5-12(14)16/h3-6,9-10,14H,7-8H2,1-2H3,(H,20,21)/t14-/m0/s1. The molecule has 4 nitrogen and oxygen atoms in total. The molecule has 3 rings (SSSR count).